The Hall–Kier alpha value is -1.53. The molecule has 2 aliphatic rings. The average Bonchev–Trinajstić information content (AvgIpc) is 3.18. The molecule has 55 heavy (non-hydrogen) atoms. The number of ether oxygens (including phenoxy) is 4. The zero-order valence-corrected chi connectivity index (χ0v) is 33.4. The van der Waals surface area contributed by atoms with Crippen LogP contribution in [0.3, 0.4) is 0 Å². The summed E-state index contributed by atoms with van der Waals surface area (Å²) in [6, 6.07) is -0.908. The van der Waals surface area contributed by atoms with Crippen molar-refractivity contribution in [3.63, 3.8) is 0 Å². The molecular formula is C41H75NO13. The van der Waals surface area contributed by atoms with E-state index in [0.717, 1.165) is 44.9 Å². The Balaban J connectivity index is 1.80. The van der Waals surface area contributed by atoms with E-state index < -0.39 is 86.8 Å². The van der Waals surface area contributed by atoms with Gasteiger partial charge in [-0.25, -0.2) is 0 Å². The molecule has 12 atom stereocenters. The molecule has 2 aliphatic heterocycles. The average molecular weight is 790 g/mol. The van der Waals surface area contributed by atoms with E-state index in [4.69, 9.17) is 18.9 Å². The molecule has 0 aromatic carbocycles. The van der Waals surface area contributed by atoms with Gasteiger partial charge in [0.05, 0.1) is 32.0 Å². The van der Waals surface area contributed by atoms with Gasteiger partial charge in [0, 0.05) is 6.42 Å². The molecule has 2 saturated heterocycles. The van der Waals surface area contributed by atoms with E-state index in [9.17, 15) is 45.6 Å². The molecule has 0 saturated carbocycles. The molecule has 0 radical (unpaired) electrons. The monoisotopic (exact) mass is 790 g/mol. The zero-order chi connectivity index (χ0) is 40.4. The summed E-state index contributed by atoms with van der Waals surface area (Å²) in [6.07, 6.45) is 11.7. The minimum atomic E-state index is -1.78. The first-order chi connectivity index (χ1) is 26.6. The Morgan fingerprint density at radius 1 is 0.636 bits per heavy atom. The maximum atomic E-state index is 12.9. The van der Waals surface area contributed by atoms with E-state index in [1.54, 1.807) is 6.08 Å². The Kier molecular flexibility index (Phi) is 26.7. The lowest BCUT2D eigenvalue weighted by atomic mass is 9.97. The SMILES string of the molecule is CCCC/C=C/C(O)C(COC1OC(CO)C(OC2OC(CO)C(O)C(O)C2O)C(O)C1O)NC(=O)CCCCCCCCC/C=C\CCCCCCCC. The number of aliphatic hydroxyl groups excluding tert-OH is 8. The van der Waals surface area contributed by atoms with Crippen LogP contribution >= 0.6 is 0 Å². The summed E-state index contributed by atoms with van der Waals surface area (Å²) < 4.78 is 22.4. The molecule has 2 fully saturated rings. The first-order valence-electron chi connectivity index (χ1n) is 21.1. The first-order valence-corrected chi connectivity index (χ1v) is 21.1. The normalized spacial score (nSPS) is 29.9. The van der Waals surface area contributed by atoms with Crippen LogP contribution in [0.25, 0.3) is 0 Å². The minimum absolute atomic E-state index is 0.256. The van der Waals surface area contributed by atoms with Gasteiger partial charge >= 0.3 is 0 Å². The van der Waals surface area contributed by atoms with Crippen LogP contribution in [-0.4, -0.2) is 140 Å². The number of aliphatic hydroxyl groups is 8. The van der Waals surface area contributed by atoms with Crippen molar-refractivity contribution in [1.29, 1.82) is 0 Å². The van der Waals surface area contributed by atoms with Gasteiger partial charge in [-0.3, -0.25) is 4.79 Å². The molecule has 2 heterocycles. The molecule has 12 unspecified atom stereocenters. The highest BCUT2D eigenvalue weighted by molar-refractivity contribution is 5.76. The van der Waals surface area contributed by atoms with Crippen LogP contribution in [0, 0.1) is 0 Å². The van der Waals surface area contributed by atoms with Crippen molar-refractivity contribution in [2.75, 3.05) is 19.8 Å². The van der Waals surface area contributed by atoms with E-state index in [1.807, 2.05) is 6.08 Å². The Morgan fingerprint density at radius 3 is 1.76 bits per heavy atom. The number of allylic oxidation sites excluding steroid dienone is 3. The Bertz CT molecular complexity index is 1030. The molecule has 0 aromatic rings. The van der Waals surface area contributed by atoms with Crippen LogP contribution in [0.15, 0.2) is 24.3 Å². The number of carbonyl (C=O) groups excluding carboxylic acids is 1. The van der Waals surface area contributed by atoms with Crippen LogP contribution in [0.1, 0.15) is 136 Å². The largest absolute Gasteiger partial charge is 0.394 e. The van der Waals surface area contributed by atoms with Gasteiger partial charge in [-0.05, 0) is 38.5 Å². The van der Waals surface area contributed by atoms with Crippen LogP contribution in [-0.2, 0) is 23.7 Å². The number of amides is 1. The lowest BCUT2D eigenvalue weighted by molar-refractivity contribution is -0.359. The van der Waals surface area contributed by atoms with Crippen molar-refractivity contribution < 1.29 is 64.6 Å². The maximum absolute atomic E-state index is 12.9. The quantitative estimate of drug-likeness (QED) is 0.0377. The fourth-order valence-electron chi connectivity index (χ4n) is 6.80. The molecule has 2 rings (SSSR count). The van der Waals surface area contributed by atoms with Gasteiger partial charge in [0.2, 0.25) is 5.91 Å². The first kappa shape index (κ1) is 49.6. The third-order valence-corrected chi connectivity index (χ3v) is 10.4. The third kappa shape index (κ3) is 18.7. The molecule has 0 aliphatic carbocycles. The third-order valence-electron chi connectivity index (χ3n) is 10.4. The summed E-state index contributed by atoms with van der Waals surface area (Å²) in [5.41, 5.74) is 0. The standard InChI is InChI=1S/C41H75NO13/c1-3-5-7-9-10-11-12-13-14-15-16-17-18-19-20-21-23-25-33(46)42-29(30(45)24-22-8-6-4-2)28-52-40-38(51)36(49)39(32(27-44)54-40)55-41-37(50)35(48)34(47)31(26-43)53-41/h13-14,22,24,29-32,34-41,43-45,47-51H,3-12,15-21,23,25-28H2,1-2H3,(H,42,46)/b14-13-,24-22+. The fraction of sp³-hybridized carbons (Fsp3) is 0.878. The number of rotatable bonds is 30. The summed E-state index contributed by atoms with van der Waals surface area (Å²) in [6.45, 7) is 2.58. The van der Waals surface area contributed by atoms with E-state index in [0.29, 0.717) is 6.42 Å². The van der Waals surface area contributed by atoms with E-state index in [-0.39, 0.29) is 18.9 Å². The molecule has 0 spiro atoms. The highest BCUT2D eigenvalue weighted by Crippen LogP contribution is 2.29. The van der Waals surface area contributed by atoms with Crippen LogP contribution < -0.4 is 5.32 Å². The predicted molar refractivity (Wildman–Crippen MR) is 208 cm³/mol. The fourth-order valence-corrected chi connectivity index (χ4v) is 6.80. The molecule has 322 valence electrons. The van der Waals surface area contributed by atoms with Crippen molar-refractivity contribution in [2.45, 2.75) is 209 Å². The highest BCUT2D eigenvalue weighted by atomic mass is 16.7. The van der Waals surface area contributed by atoms with E-state index in [2.05, 4.69) is 31.3 Å². The van der Waals surface area contributed by atoms with Crippen LogP contribution in [0.4, 0.5) is 0 Å². The molecule has 1 amide bonds. The van der Waals surface area contributed by atoms with E-state index in [1.165, 1.54) is 64.2 Å². The Morgan fingerprint density at radius 2 is 1.16 bits per heavy atom. The zero-order valence-electron chi connectivity index (χ0n) is 33.4. The number of nitrogens with one attached hydrogen (secondary N) is 1. The second kappa shape index (κ2) is 29.6. The van der Waals surface area contributed by atoms with Gasteiger partial charge in [-0.15, -0.1) is 0 Å². The van der Waals surface area contributed by atoms with Crippen molar-refractivity contribution in [2.24, 2.45) is 0 Å². The second-order valence-electron chi connectivity index (χ2n) is 15.1. The van der Waals surface area contributed by atoms with Gasteiger partial charge in [0.1, 0.15) is 48.8 Å². The lowest BCUT2D eigenvalue weighted by Gasteiger charge is -2.46. The smallest absolute Gasteiger partial charge is 0.220 e. The van der Waals surface area contributed by atoms with Crippen LogP contribution in [0.5, 0.6) is 0 Å². The van der Waals surface area contributed by atoms with E-state index >= 15 is 0 Å². The van der Waals surface area contributed by atoms with Gasteiger partial charge in [-0.1, -0.05) is 115 Å². The van der Waals surface area contributed by atoms with Crippen molar-refractivity contribution in [1.82, 2.24) is 5.32 Å². The number of unbranched alkanes of at least 4 members (excludes halogenated alkanes) is 15. The van der Waals surface area contributed by atoms with Gasteiger partial charge in [-0.2, -0.15) is 0 Å². The molecule has 14 heteroatoms. The van der Waals surface area contributed by atoms with Crippen LogP contribution in [0.2, 0.25) is 0 Å². The molecule has 0 bridgehead atoms. The van der Waals surface area contributed by atoms with Gasteiger partial charge < -0.3 is 65.1 Å². The van der Waals surface area contributed by atoms with Crippen molar-refractivity contribution in [3.05, 3.63) is 24.3 Å². The van der Waals surface area contributed by atoms with Crippen molar-refractivity contribution >= 4 is 5.91 Å². The lowest BCUT2D eigenvalue weighted by Crippen LogP contribution is -2.65. The molecule has 14 nitrogen and oxygen atoms in total. The van der Waals surface area contributed by atoms with Crippen molar-refractivity contribution in [3.8, 4) is 0 Å². The Labute approximate surface area is 328 Å². The minimum Gasteiger partial charge on any atom is -0.394 e. The molecule has 0 aromatic heterocycles. The summed E-state index contributed by atoms with van der Waals surface area (Å²) in [7, 11) is 0. The molecular weight excluding hydrogens is 714 g/mol. The number of hydrogen-bond donors (Lipinski definition) is 9. The predicted octanol–water partition coefficient (Wildman–Crippen LogP) is 3.04. The highest BCUT2D eigenvalue weighted by Gasteiger charge is 2.50. The second-order valence-corrected chi connectivity index (χ2v) is 15.1. The van der Waals surface area contributed by atoms with Gasteiger partial charge in [0.15, 0.2) is 12.6 Å². The topological polar surface area (TPSA) is 228 Å². The van der Waals surface area contributed by atoms with Gasteiger partial charge in [0.25, 0.3) is 0 Å². The maximum Gasteiger partial charge on any atom is 0.220 e. The summed E-state index contributed by atoms with van der Waals surface area (Å²) >= 11 is 0. The summed E-state index contributed by atoms with van der Waals surface area (Å²) in [5, 5.41) is 85.7. The molecule has 9 N–H and O–H groups in total. The summed E-state index contributed by atoms with van der Waals surface area (Å²) in [5.74, 6) is -0.256. The number of carbonyl (C=O) groups is 1. The summed E-state index contributed by atoms with van der Waals surface area (Å²) in [4.78, 5) is 12.9. The number of hydrogen-bond acceptors (Lipinski definition) is 13.